The second-order valence-corrected chi connectivity index (χ2v) is 9.75. The molecule has 1 amide bonds. The molecule has 0 atom stereocenters. The number of halogens is 2. The van der Waals surface area contributed by atoms with Crippen LogP contribution in [0.15, 0.2) is 30.3 Å². The Morgan fingerprint density at radius 3 is 2.67 bits per heavy atom. The van der Waals surface area contributed by atoms with E-state index in [-0.39, 0.29) is 28.4 Å². The quantitative estimate of drug-likeness (QED) is 0.422. The SMILES string of the molecule is COCCN(C)Cc1nc(-c2cc(-c3cc4c(cc3F)C(=O)NCC4)c(N)nc2F)ccc1N1CCOCC1. The van der Waals surface area contributed by atoms with E-state index in [9.17, 15) is 4.79 Å². The molecule has 39 heavy (non-hydrogen) atoms. The van der Waals surface area contributed by atoms with Gasteiger partial charge in [0.15, 0.2) is 0 Å². The maximum atomic E-state index is 15.2. The lowest BCUT2D eigenvalue weighted by Gasteiger charge is -2.31. The largest absolute Gasteiger partial charge is 0.383 e. The lowest BCUT2D eigenvalue weighted by molar-refractivity contribution is 0.0945. The van der Waals surface area contributed by atoms with Gasteiger partial charge in [-0.15, -0.1) is 0 Å². The third-order valence-corrected chi connectivity index (χ3v) is 7.09. The summed E-state index contributed by atoms with van der Waals surface area (Å²) < 4.78 is 41.2. The van der Waals surface area contributed by atoms with Gasteiger partial charge in [-0.2, -0.15) is 4.39 Å². The van der Waals surface area contributed by atoms with Gasteiger partial charge in [-0.1, -0.05) is 0 Å². The number of pyridine rings is 2. The number of nitrogen functional groups attached to an aromatic ring is 1. The van der Waals surface area contributed by atoms with E-state index in [0.29, 0.717) is 62.7 Å². The first-order valence-corrected chi connectivity index (χ1v) is 12.9. The average molecular weight is 539 g/mol. The van der Waals surface area contributed by atoms with Crippen LogP contribution in [0.5, 0.6) is 0 Å². The molecule has 1 saturated heterocycles. The highest BCUT2D eigenvalue weighted by Crippen LogP contribution is 2.35. The summed E-state index contributed by atoms with van der Waals surface area (Å²) >= 11 is 0. The van der Waals surface area contributed by atoms with Gasteiger partial charge in [-0.05, 0) is 49.4 Å². The van der Waals surface area contributed by atoms with Crippen LogP contribution in [-0.4, -0.2) is 80.9 Å². The lowest BCUT2D eigenvalue weighted by atomic mass is 9.93. The number of ether oxygens (including phenoxy) is 2. The molecule has 3 aromatic rings. The van der Waals surface area contributed by atoms with E-state index in [1.807, 2.05) is 13.1 Å². The van der Waals surface area contributed by atoms with Gasteiger partial charge in [0.05, 0.1) is 42.5 Å². The van der Waals surface area contributed by atoms with Gasteiger partial charge in [-0.25, -0.2) is 14.4 Å². The van der Waals surface area contributed by atoms with E-state index in [2.05, 4.69) is 20.1 Å². The van der Waals surface area contributed by atoms with E-state index >= 15 is 8.78 Å². The average Bonchev–Trinajstić information content (AvgIpc) is 2.93. The number of aromatic nitrogens is 2. The van der Waals surface area contributed by atoms with Crippen molar-refractivity contribution in [2.24, 2.45) is 0 Å². The molecule has 1 aromatic carbocycles. The van der Waals surface area contributed by atoms with Crippen molar-refractivity contribution in [3.63, 3.8) is 0 Å². The Bertz CT molecular complexity index is 1380. The Hall–Kier alpha value is -3.67. The fourth-order valence-corrected chi connectivity index (χ4v) is 4.98. The summed E-state index contributed by atoms with van der Waals surface area (Å²) in [4.78, 5) is 25.2. The van der Waals surface area contributed by atoms with E-state index < -0.39 is 11.8 Å². The lowest BCUT2D eigenvalue weighted by Crippen LogP contribution is -2.37. The Morgan fingerprint density at radius 1 is 1.10 bits per heavy atom. The third kappa shape index (κ3) is 5.70. The van der Waals surface area contributed by atoms with Crippen molar-refractivity contribution in [2.45, 2.75) is 13.0 Å². The molecule has 3 N–H and O–H groups in total. The first-order chi connectivity index (χ1) is 18.9. The van der Waals surface area contributed by atoms with Gasteiger partial charge < -0.3 is 25.4 Å². The van der Waals surface area contributed by atoms with Crippen LogP contribution in [0.25, 0.3) is 22.4 Å². The number of likely N-dealkylation sites (N-methyl/N-ethyl adjacent to an activating group) is 1. The van der Waals surface area contributed by atoms with Crippen LogP contribution >= 0.6 is 0 Å². The summed E-state index contributed by atoms with van der Waals surface area (Å²) in [6.45, 7) is 4.94. The zero-order valence-electron chi connectivity index (χ0n) is 22.1. The smallest absolute Gasteiger partial charge is 0.251 e. The van der Waals surface area contributed by atoms with Crippen molar-refractivity contribution in [1.29, 1.82) is 0 Å². The molecule has 2 aromatic heterocycles. The first kappa shape index (κ1) is 26.9. The van der Waals surface area contributed by atoms with Crippen molar-refractivity contribution in [2.75, 3.05) is 70.8 Å². The van der Waals surface area contributed by atoms with Crippen molar-refractivity contribution in [1.82, 2.24) is 20.2 Å². The number of anilines is 2. The molecule has 0 radical (unpaired) electrons. The standard InChI is InChI=1S/C28H32F2N6O3/c1-35(7-10-38-2)16-24-25(36-8-11-39-12-9-36)4-3-23(33-24)21-14-20(27(31)34-26(21)30)19-13-17-5-6-32-28(37)18(17)15-22(19)29/h3-4,13-15H,5-12,16H2,1-2H3,(H2,31,34)(H,32,37). The van der Waals surface area contributed by atoms with Crippen molar-refractivity contribution in [3.8, 4) is 22.4 Å². The molecule has 0 aliphatic carbocycles. The van der Waals surface area contributed by atoms with Crippen LogP contribution in [0.2, 0.25) is 0 Å². The number of nitrogens with two attached hydrogens (primary N) is 1. The normalized spacial score (nSPS) is 15.4. The van der Waals surface area contributed by atoms with Crippen LogP contribution in [0.3, 0.4) is 0 Å². The summed E-state index contributed by atoms with van der Waals surface area (Å²) in [6.07, 6.45) is 0.556. The number of rotatable bonds is 8. The molecule has 11 heteroatoms. The van der Waals surface area contributed by atoms with Gasteiger partial charge >= 0.3 is 0 Å². The van der Waals surface area contributed by atoms with Crippen LogP contribution in [-0.2, 0) is 22.4 Å². The number of hydrogen-bond donors (Lipinski definition) is 2. The van der Waals surface area contributed by atoms with Crippen LogP contribution in [0.1, 0.15) is 21.6 Å². The summed E-state index contributed by atoms with van der Waals surface area (Å²) in [5.41, 5.74) is 9.70. The summed E-state index contributed by atoms with van der Waals surface area (Å²) in [5.74, 6) is -1.88. The topological polar surface area (TPSA) is 106 Å². The molecule has 0 unspecified atom stereocenters. The number of nitrogens with zero attached hydrogens (tertiary/aromatic N) is 4. The second kappa shape index (κ2) is 11.6. The number of benzene rings is 1. The summed E-state index contributed by atoms with van der Waals surface area (Å²) in [7, 11) is 3.62. The molecule has 5 rings (SSSR count). The highest BCUT2D eigenvalue weighted by molar-refractivity contribution is 5.97. The molecule has 0 bridgehead atoms. The van der Waals surface area contributed by atoms with Gasteiger partial charge in [0.2, 0.25) is 5.95 Å². The van der Waals surface area contributed by atoms with Gasteiger partial charge in [0.25, 0.3) is 5.91 Å². The molecule has 1 fully saturated rings. The first-order valence-electron chi connectivity index (χ1n) is 12.9. The fraction of sp³-hybridized carbons (Fsp3) is 0.393. The Balaban J connectivity index is 1.56. The van der Waals surface area contributed by atoms with Crippen LogP contribution < -0.4 is 16.0 Å². The van der Waals surface area contributed by atoms with Crippen molar-refractivity contribution < 1.29 is 23.0 Å². The number of carbonyl (C=O) groups is 1. The van der Waals surface area contributed by atoms with Gasteiger partial charge in [-0.3, -0.25) is 9.69 Å². The Kier molecular flexibility index (Phi) is 8.01. The maximum absolute atomic E-state index is 15.2. The minimum Gasteiger partial charge on any atom is -0.383 e. The van der Waals surface area contributed by atoms with Crippen molar-refractivity contribution in [3.05, 3.63) is 58.9 Å². The molecule has 9 nitrogen and oxygen atoms in total. The van der Waals surface area contributed by atoms with Crippen molar-refractivity contribution >= 4 is 17.4 Å². The van der Waals surface area contributed by atoms with E-state index in [1.54, 1.807) is 19.2 Å². The zero-order chi connectivity index (χ0) is 27.5. The zero-order valence-corrected chi connectivity index (χ0v) is 22.1. The highest BCUT2D eigenvalue weighted by Gasteiger charge is 2.24. The number of amides is 1. The monoisotopic (exact) mass is 538 g/mol. The molecular weight excluding hydrogens is 506 g/mol. The summed E-state index contributed by atoms with van der Waals surface area (Å²) in [5, 5.41) is 2.71. The number of carbonyl (C=O) groups excluding carboxylic acids is 1. The van der Waals surface area contributed by atoms with Crippen LogP contribution in [0.4, 0.5) is 20.3 Å². The number of hydrogen-bond acceptors (Lipinski definition) is 8. The number of fused-ring (bicyclic) bond motifs is 1. The third-order valence-electron chi connectivity index (χ3n) is 7.09. The van der Waals surface area contributed by atoms with Gasteiger partial charge in [0.1, 0.15) is 11.6 Å². The Morgan fingerprint density at radius 2 is 1.90 bits per heavy atom. The molecule has 0 saturated carbocycles. The molecule has 4 heterocycles. The predicted molar refractivity (Wildman–Crippen MR) is 145 cm³/mol. The van der Waals surface area contributed by atoms with E-state index in [1.165, 1.54) is 12.1 Å². The number of nitrogens with one attached hydrogen (secondary N) is 1. The summed E-state index contributed by atoms with van der Waals surface area (Å²) in [6, 6.07) is 7.97. The molecule has 2 aliphatic rings. The second-order valence-electron chi connectivity index (χ2n) is 9.75. The molecule has 2 aliphatic heterocycles. The molecule has 0 spiro atoms. The molecule has 206 valence electrons. The van der Waals surface area contributed by atoms with E-state index in [0.717, 1.165) is 24.5 Å². The molecular formula is C28H32F2N6O3. The maximum Gasteiger partial charge on any atom is 0.251 e. The van der Waals surface area contributed by atoms with Gasteiger partial charge in [0, 0.05) is 56.5 Å². The minimum absolute atomic E-state index is 0.114. The van der Waals surface area contributed by atoms with E-state index in [4.69, 9.17) is 20.2 Å². The fourth-order valence-electron chi connectivity index (χ4n) is 4.98. The van der Waals surface area contributed by atoms with Crippen LogP contribution in [0, 0.1) is 11.8 Å². The highest BCUT2D eigenvalue weighted by atomic mass is 19.1. The minimum atomic E-state index is -0.792. The number of morpholine rings is 1. The number of methoxy groups -OCH3 is 1. The predicted octanol–water partition coefficient (Wildman–Crippen LogP) is 2.87. The Labute approximate surface area is 225 Å².